The average molecular weight is 393 g/mol. The number of rotatable bonds is 7. The van der Waals surface area contributed by atoms with Crippen LogP contribution in [0, 0.1) is 11.8 Å². The minimum absolute atomic E-state index is 0.721. The zero-order chi connectivity index (χ0) is 20.2. The number of nitrogens with one attached hydrogen (secondary N) is 1. The quantitative estimate of drug-likeness (QED) is 0.520. The van der Waals surface area contributed by atoms with E-state index in [0.717, 1.165) is 30.7 Å². The molecule has 0 bridgehead atoms. The maximum absolute atomic E-state index is 4.60. The van der Waals surface area contributed by atoms with Gasteiger partial charge < -0.3 is 10.2 Å². The van der Waals surface area contributed by atoms with Crippen LogP contribution in [-0.2, 0) is 6.42 Å². The first kappa shape index (κ1) is 20.6. The number of fused-ring (bicyclic) bond motifs is 1. The Balaban J connectivity index is 1.45. The van der Waals surface area contributed by atoms with Gasteiger partial charge in [-0.2, -0.15) is 0 Å². The Labute approximate surface area is 178 Å². The highest BCUT2D eigenvalue weighted by atomic mass is 15.2. The highest BCUT2D eigenvalue weighted by molar-refractivity contribution is 5.68. The molecule has 0 aromatic heterocycles. The normalized spacial score (nSPS) is 24.9. The zero-order valence-electron chi connectivity index (χ0n) is 18.5. The Hall–Kier alpha value is -1.70. The zero-order valence-corrected chi connectivity index (χ0v) is 18.5. The van der Waals surface area contributed by atoms with E-state index in [0.29, 0.717) is 0 Å². The third-order valence-electron chi connectivity index (χ3n) is 7.72. The van der Waals surface area contributed by atoms with Gasteiger partial charge in [0.05, 0.1) is 0 Å². The van der Waals surface area contributed by atoms with E-state index in [-0.39, 0.29) is 0 Å². The summed E-state index contributed by atoms with van der Waals surface area (Å²) in [6.45, 7) is 12.4. The van der Waals surface area contributed by atoms with Gasteiger partial charge >= 0.3 is 0 Å². The summed E-state index contributed by atoms with van der Waals surface area (Å²) < 4.78 is 0. The molecule has 2 heteroatoms. The van der Waals surface area contributed by atoms with Crippen LogP contribution in [0.3, 0.4) is 0 Å². The van der Waals surface area contributed by atoms with Crippen LogP contribution in [0.4, 0.5) is 5.69 Å². The van der Waals surface area contributed by atoms with Gasteiger partial charge in [-0.1, -0.05) is 64.7 Å². The van der Waals surface area contributed by atoms with E-state index >= 15 is 0 Å². The summed E-state index contributed by atoms with van der Waals surface area (Å²) in [4.78, 5) is 2.66. The number of piperidine rings is 1. The molecule has 3 aliphatic rings. The van der Waals surface area contributed by atoms with Gasteiger partial charge in [0.15, 0.2) is 0 Å². The average Bonchev–Trinajstić information content (AvgIpc) is 3.25. The van der Waals surface area contributed by atoms with Gasteiger partial charge in [-0.25, -0.2) is 0 Å². The van der Waals surface area contributed by atoms with E-state index in [1.165, 1.54) is 99.0 Å². The molecular formula is C27H40N2. The van der Waals surface area contributed by atoms with Gasteiger partial charge in [0.25, 0.3) is 0 Å². The first-order valence-corrected chi connectivity index (χ1v) is 12.2. The number of hydrogen-bond acceptors (Lipinski definition) is 2. The van der Waals surface area contributed by atoms with Gasteiger partial charge in [-0.15, -0.1) is 0 Å². The Morgan fingerprint density at radius 2 is 1.72 bits per heavy atom. The van der Waals surface area contributed by atoms with E-state index < -0.39 is 0 Å². The van der Waals surface area contributed by atoms with Crippen molar-refractivity contribution < 1.29 is 0 Å². The van der Waals surface area contributed by atoms with Crippen molar-refractivity contribution in [1.29, 1.82) is 0 Å². The second-order valence-electron chi connectivity index (χ2n) is 9.70. The van der Waals surface area contributed by atoms with E-state index in [1.807, 2.05) is 0 Å². The molecule has 2 unspecified atom stereocenters. The van der Waals surface area contributed by atoms with E-state index in [9.17, 15) is 0 Å². The summed E-state index contributed by atoms with van der Waals surface area (Å²) in [5.41, 5.74) is 6.38. The predicted octanol–water partition coefficient (Wildman–Crippen LogP) is 7.38. The molecule has 4 rings (SSSR count). The lowest BCUT2D eigenvalue weighted by atomic mass is 9.78. The van der Waals surface area contributed by atoms with Gasteiger partial charge in [-0.05, 0) is 68.1 Å². The molecule has 1 heterocycles. The fourth-order valence-electron chi connectivity index (χ4n) is 6.18. The number of aryl methyl sites for hydroxylation is 1. The van der Waals surface area contributed by atoms with E-state index in [2.05, 4.69) is 48.5 Å². The number of anilines is 1. The van der Waals surface area contributed by atoms with Crippen LogP contribution in [-0.4, -0.2) is 17.5 Å². The van der Waals surface area contributed by atoms with Crippen molar-refractivity contribution in [3.63, 3.8) is 0 Å². The second kappa shape index (κ2) is 9.41. The third-order valence-corrected chi connectivity index (χ3v) is 7.72. The summed E-state index contributed by atoms with van der Waals surface area (Å²) in [5, 5.41) is 3.60. The minimum atomic E-state index is 0.721. The standard InChI is InChI=1S/C27H40N2/c1-4-23-19-25(28-20(2)18-22-10-5-6-11-22)15-16-26(23)21(3)29-17-9-13-24-12-7-8-14-27(24)29/h15-16,19,22,24,27-28H,2-14,17-18H2,1H3. The monoisotopic (exact) mass is 392 g/mol. The molecule has 3 fully saturated rings. The molecule has 1 aromatic rings. The summed E-state index contributed by atoms with van der Waals surface area (Å²) in [5.74, 6) is 1.72. The molecule has 1 saturated heterocycles. The van der Waals surface area contributed by atoms with Crippen LogP contribution in [0.5, 0.6) is 0 Å². The van der Waals surface area contributed by atoms with Crippen molar-refractivity contribution in [1.82, 2.24) is 4.90 Å². The Morgan fingerprint density at radius 3 is 2.52 bits per heavy atom. The molecule has 1 aliphatic heterocycles. The van der Waals surface area contributed by atoms with Crippen LogP contribution in [0.2, 0.25) is 0 Å². The van der Waals surface area contributed by atoms with Gasteiger partial charge in [-0.3, -0.25) is 0 Å². The SMILES string of the molecule is C=C(CC1CCCC1)Nc1ccc(C(=C)N2CCCC3CCCCC32)c(CC)c1. The van der Waals surface area contributed by atoms with Crippen LogP contribution in [0.1, 0.15) is 88.7 Å². The fraction of sp³-hybridized carbons (Fsp3) is 0.630. The van der Waals surface area contributed by atoms with Crippen LogP contribution < -0.4 is 5.32 Å². The number of hydrogen-bond donors (Lipinski definition) is 1. The number of likely N-dealkylation sites (tertiary alicyclic amines) is 1. The first-order valence-electron chi connectivity index (χ1n) is 12.2. The highest BCUT2D eigenvalue weighted by Crippen LogP contribution is 2.39. The number of allylic oxidation sites excluding steroid dienone is 1. The molecule has 0 spiro atoms. The minimum Gasteiger partial charge on any atom is -0.368 e. The maximum atomic E-state index is 4.60. The molecule has 1 N–H and O–H groups in total. The topological polar surface area (TPSA) is 15.3 Å². The maximum Gasteiger partial charge on any atom is 0.0384 e. The largest absolute Gasteiger partial charge is 0.368 e. The van der Waals surface area contributed by atoms with E-state index in [1.54, 1.807) is 0 Å². The smallest absolute Gasteiger partial charge is 0.0384 e. The molecule has 0 amide bonds. The molecule has 2 aliphatic carbocycles. The van der Waals surface area contributed by atoms with Gasteiger partial charge in [0.1, 0.15) is 0 Å². The van der Waals surface area contributed by atoms with Crippen molar-refractivity contribution in [3.8, 4) is 0 Å². The fourth-order valence-corrected chi connectivity index (χ4v) is 6.18. The highest BCUT2D eigenvalue weighted by Gasteiger charge is 2.34. The number of nitrogens with zero attached hydrogens (tertiary/aromatic N) is 1. The molecule has 2 nitrogen and oxygen atoms in total. The van der Waals surface area contributed by atoms with Crippen molar-refractivity contribution in [3.05, 3.63) is 48.2 Å². The Morgan fingerprint density at radius 1 is 1.00 bits per heavy atom. The Bertz CT molecular complexity index is 726. The van der Waals surface area contributed by atoms with Crippen molar-refractivity contribution in [2.45, 2.75) is 90.0 Å². The lowest BCUT2D eigenvalue weighted by Crippen LogP contribution is -2.45. The molecule has 2 saturated carbocycles. The van der Waals surface area contributed by atoms with Crippen LogP contribution in [0.15, 0.2) is 37.1 Å². The lowest BCUT2D eigenvalue weighted by molar-refractivity contribution is 0.111. The van der Waals surface area contributed by atoms with Gasteiger partial charge in [0.2, 0.25) is 0 Å². The predicted molar refractivity (Wildman–Crippen MR) is 126 cm³/mol. The van der Waals surface area contributed by atoms with E-state index in [4.69, 9.17) is 0 Å². The molecule has 158 valence electrons. The van der Waals surface area contributed by atoms with Crippen LogP contribution in [0.25, 0.3) is 5.70 Å². The lowest BCUT2D eigenvalue weighted by Gasteiger charge is -2.46. The molecule has 29 heavy (non-hydrogen) atoms. The third kappa shape index (κ3) is 4.73. The summed E-state index contributed by atoms with van der Waals surface area (Å²) >= 11 is 0. The van der Waals surface area contributed by atoms with Crippen molar-refractivity contribution in [2.24, 2.45) is 11.8 Å². The summed E-state index contributed by atoms with van der Waals surface area (Å²) in [6, 6.07) is 7.60. The van der Waals surface area contributed by atoms with Crippen molar-refractivity contribution in [2.75, 3.05) is 11.9 Å². The summed E-state index contributed by atoms with van der Waals surface area (Å²) in [7, 11) is 0. The molecular weight excluding hydrogens is 352 g/mol. The number of benzene rings is 1. The molecule has 2 atom stereocenters. The van der Waals surface area contributed by atoms with Crippen molar-refractivity contribution >= 4 is 11.4 Å². The second-order valence-corrected chi connectivity index (χ2v) is 9.70. The molecule has 0 radical (unpaired) electrons. The van der Waals surface area contributed by atoms with Gasteiger partial charge in [0, 0.05) is 35.2 Å². The molecule has 1 aromatic carbocycles. The summed E-state index contributed by atoms with van der Waals surface area (Å²) in [6.07, 6.45) is 16.0. The Kier molecular flexibility index (Phi) is 6.67. The van der Waals surface area contributed by atoms with Crippen LogP contribution >= 0.6 is 0 Å². The first-order chi connectivity index (χ1) is 14.2.